The Morgan fingerprint density at radius 3 is 2.45 bits per heavy atom. The number of nitrogens with zero attached hydrogens (tertiary/aromatic N) is 2. The summed E-state index contributed by atoms with van der Waals surface area (Å²) < 4.78 is 0. The molecule has 0 fully saturated rings. The highest BCUT2D eigenvalue weighted by Gasteiger charge is 2.12. The Morgan fingerprint density at radius 1 is 1.15 bits per heavy atom. The molecule has 0 aromatic heterocycles. The minimum Gasteiger partial charge on any atom is -0.298 e. The van der Waals surface area contributed by atoms with E-state index in [1.165, 1.54) is 5.56 Å². The van der Waals surface area contributed by atoms with Crippen LogP contribution in [-0.2, 0) is 5.33 Å². The lowest BCUT2D eigenvalue weighted by Gasteiger charge is -2.08. The summed E-state index contributed by atoms with van der Waals surface area (Å²) in [5, 5.41) is 9.74. The van der Waals surface area contributed by atoms with Crippen molar-refractivity contribution in [3.05, 3.63) is 59.7 Å². The molecule has 102 valence electrons. The lowest BCUT2D eigenvalue weighted by Crippen LogP contribution is -2.84. The normalized spacial score (nSPS) is 11.4. The highest BCUT2D eigenvalue weighted by Crippen LogP contribution is 2.24. The van der Waals surface area contributed by atoms with Gasteiger partial charge in [-0.2, -0.15) is 5.53 Å². The standard InChI is InChI=1S/C15H15BrN4/c1-18-15(19-20-17)14-5-3-2-4-13(14)12-8-6-11(10-16)7-9-12/h2-9H,10H2,1H3,(H2,17,18,19)/p+1. The third kappa shape index (κ3) is 3.18. The fraction of sp³-hybridized carbons (Fsp3) is 0.133. The smallest absolute Gasteiger partial charge is 0.253 e. The maximum Gasteiger partial charge on any atom is 0.253 e. The molecule has 20 heavy (non-hydrogen) atoms. The summed E-state index contributed by atoms with van der Waals surface area (Å²) in [6.45, 7) is 0. The molecular weight excluding hydrogens is 316 g/mol. The summed E-state index contributed by atoms with van der Waals surface area (Å²) >= 11 is 3.45. The van der Waals surface area contributed by atoms with Crippen molar-refractivity contribution in [2.75, 3.05) is 7.05 Å². The van der Waals surface area contributed by atoms with Crippen LogP contribution in [0, 0.1) is 5.53 Å². The van der Waals surface area contributed by atoms with Gasteiger partial charge < -0.3 is 0 Å². The summed E-state index contributed by atoms with van der Waals surface area (Å²) in [6.07, 6.45) is 0. The molecule has 0 aliphatic carbocycles. The SMILES string of the molecule is C[NH2+]/C(=N\N=N)c1ccccc1-c1ccc(CBr)cc1. The molecule has 0 spiro atoms. The summed E-state index contributed by atoms with van der Waals surface area (Å²) in [6, 6.07) is 16.4. The maximum absolute atomic E-state index is 6.93. The molecule has 0 atom stereocenters. The van der Waals surface area contributed by atoms with Gasteiger partial charge in [-0.1, -0.05) is 63.5 Å². The van der Waals surface area contributed by atoms with Gasteiger partial charge in [0.2, 0.25) is 0 Å². The van der Waals surface area contributed by atoms with Crippen molar-refractivity contribution >= 4 is 21.8 Å². The third-order valence-electron chi connectivity index (χ3n) is 3.05. The molecule has 0 unspecified atom stereocenters. The molecule has 2 aromatic carbocycles. The van der Waals surface area contributed by atoms with Gasteiger partial charge in [0.15, 0.2) is 0 Å². The minimum absolute atomic E-state index is 0.708. The zero-order chi connectivity index (χ0) is 14.4. The first-order valence-electron chi connectivity index (χ1n) is 6.28. The molecule has 4 nitrogen and oxygen atoms in total. The number of hydrogen-bond donors (Lipinski definition) is 2. The van der Waals surface area contributed by atoms with Crippen LogP contribution in [-0.4, -0.2) is 12.9 Å². The summed E-state index contributed by atoms with van der Waals surface area (Å²) in [4.78, 5) is 0. The van der Waals surface area contributed by atoms with Crippen molar-refractivity contribution in [3.63, 3.8) is 0 Å². The third-order valence-corrected chi connectivity index (χ3v) is 3.70. The molecule has 2 aromatic rings. The van der Waals surface area contributed by atoms with E-state index < -0.39 is 0 Å². The second-order valence-corrected chi connectivity index (χ2v) is 4.81. The van der Waals surface area contributed by atoms with E-state index >= 15 is 0 Å². The van der Waals surface area contributed by atoms with E-state index in [2.05, 4.69) is 56.6 Å². The molecule has 0 radical (unpaired) electrons. The molecule has 0 saturated carbocycles. The molecule has 0 aliphatic heterocycles. The van der Waals surface area contributed by atoms with Crippen LogP contribution in [0.1, 0.15) is 11.1 Å². The average molecular weight is 332 g/mol. The topological polar surface area (TPSA) is 65.2 Å². The van der Waals surface area contributed by atoms with Gasteiger partial charge >= 0.3 is 0 Å². The largest absolute Gasteiger partial charge is 0.298 e. The number of nitrogens with two attached hydrogens (primary N) is 1. The summed E-state index contributed by atoms with van der Waals surface area (Å²) in [7, 11) is 1.90. The molecule has 0 amide bonds. The minimum atomic E-state index is 0.708. The Bertz CT molecular complexity index is 620. The van der Waals surface area contributed by atoms with Crippen molar-refractivity contribution in [1.82, 2.24) is 0 Å². The van der Waals surface area contributed by atoms with Crippen molar-refractivity contribution in [2.24, 2.45) is 10.3 Å². The molecule has 0 saturated heterocycles. The van der Waals surface area contributed by atoms with Crippen molar-refractivity contribution in [1.29, 1.82) is 5.53 Å². The van der Waals surface area contributed by atoms with Gasteiger partial charge in [-0.3, -0.25) is 5.32 Å². The van der Waals surface area contributed by atoms with Crippen LogP contribution in [0.2, 0.25) is 0 Å². The lowest BCUT2D eigenvalue weighted by atomic mass is 9.98. The number of alkyl halides is 1. The Labute approximate surface area is 126 Å². The van der Waals surface area contributed by atoms with Crippen LogP contribution in [0.3, 0.4) is 0 Å². The number of amidine groups is 1. The zero-order valence-corrected chi connectivity index (χ0v) is 12.8. The highest BCUT2D eigenvalue weighted by molar-refractivity contribution is 9.08. The number of hydrogen-bond acceptors (Lipinski definition) is 2. The molecule has 2 rings (SSSR count). The molecule has 0 aliphatic rings. The average Bonchev–Trinajstić information content (AvgIpc) is 2.53. The van der Waals surface area contributed by atoms with E-state index in [0.29, 0.717) is 5.84 Å². The molecule has 3 N–H and O–H groups in total. The predicted molar refractivity (Wildman–Crippen MR) is 84.0 cm³/mol. The number of quaternary nitrogens is 1. The number of nitrogens with one attached hydrogen (secondary N) is 1. The van der Waals surface area contributed by atoms with Gasteiger partial charge in [0, 0.05) is 5.33 Å². The van der Waals surface area contributed by atoms with Crippen LogP contribution < -0.4 is 5.32 Å². The summed E-state index contributed by atoms with van der Waals surface area (Å²) in [5.74, 6) is 0.708. The lowest BCUT2D eigenvalue weighted by molar-refractivity contribution is -0.505. The number of halogens is 1. The highest BCUT2D eigenvalue weighted by atomic mass is 79.9. The van der Waals surface area contributed by atoms with Gasteiger partial charge in [0.25, 0.3) is 5.84 Å². The van der Waals surface area contributed by atoms with E-state index in [1.54, 1.807) is 0 Å². The Hall–Kier alpha value is -1.85. The molecule has 0 bridgehead atoms. The second kappa shape index (κ2) is 7.07. The van der Waals surface area contributed by atoms with Crippen LogP contribution in [0.15, 0.2) is 58.9 Å². The zero-order valence-electron chi connectivity index (χ0n) is 11.2. The molecular formula is C15H16BrN4+. The van der Waals surface area contributed by atoms with Crippen LogP contribution in [0.25, 0.3) is 11.1 Å². The first kappa shape index (κ1) is 14.6. The van der Waals surface area contributed by atoms with Gasteiger partial charge in [0.1, 0.15) is 0 Å². The second-order valence-electron chi connectivity index (χ2n) is 4.25. The van der Waals surface area contributed by atoms with Gasteiger partial charge in [-0.15, -0.1) is 0 Å². The van der Waals surface area contributed by atoms with E-state index in [1.807, 2.05) is 30.6 Å². The Kier molecular flexibility index (Phi) is 5.15. The van der Waals surface area contributed by atoms with Gasteiger partial charge in [0.05, 0.1) is 12.6 Å². The van der Waals surface area contributed by atoms with Crippen molar-refractivity contribution in [3.8, 4) is 11.1 Å². The molecule has 5 heteroatoms. The van der Waals surface area contributed by atoms with E-state index in [9.17, 15) is 0 Å². The number of rotatable bonds is 4. The first-order chi connectivity index (χ1) is 9.80. The number of benzene rings is 2. The van der Waals surface area contributed by atoms with E-state index in [4.69, 9.17) is 5.53 Å². The Balaban J connectivity index is 2.50. The van der Waals surface area contributed by atoms with E-state index in [-0.39, 0.29) is 0 Å². The fourth-order valence-electron chi connectivity index (χ4n) is 2.05. The van der Waals surface area contributed by atoms with Gasteiger partial charge in [-0.25, -0.2) is 0 Å². The van der Waals surface area contributed by atoms with Crippen molar-refractivity contribution < 1.29 is 5.32 Å². The fourth-order valence-corrected chi connectivity index (χ4v) is 2.43. The van der Waals surface area contributed by atoms with Crippen molar-refractivity contribution in [2.45, 2.75) is 5.33 Å². The van der Waals surface area contributed by atoms with Crippen LogP contribution in [0.5, 0.6) is 0 Å². The quantitative estimate of drug-likeness (QED) is 0.284. The Morgan fingerprint density at radius 2 is 1.85 bits per heavy atom. The first-order valence-corrected chi connectivity index (χ1v) is 7.40. The monoisotopic (exact) mass is 331 g/mol. The maximum atomic E-state index is 6.93. The molecule has 0 heterocycles. The van der Waals surface area contributed by atoms with Crippen LogP contribution >= 0.6 is 15.9 Å². The summed E-state index contributed by atoms with van der Waals surface area (Å²) in [5.41, 5.74) is 11.4. The predicted octanol–water partition coefficient (Wildman–Crippen LogP) is 3.13. The van der Waals surface area contributed by atoms with Crippen LogP contribution in [0.4, 0.5) is 0 Å². The van der Waals surface area contributed by atoms with E-state index in [0.717, 1.165) is 22.0 Å². The van der Waals surface area contributed by atoms with Gasteiger partial charge in [-0.05, 0) is 28.0 Å².